The van der Waals surface area contributed by atoms with Gasteiger partial charge in [-0.3, -0.25) is 14.1 Å². The number of pyridine rings is 1. The minimum atomic E-state index is -3.79. The molecule has 0 aliphatic carbocycles. The first-order chi connectivity index (χ1) is 15.9. The molecule has 33 heavy (non-hydrogen) atoms. The van der Waals surface area contributed by atoms with Crippen molar-refractivity contribution in [2.75, 3.05) is 10.8 Å². The molecule has 0 spiro atoms. The Balaban J connectivity index is 1.42. The van der Waals surface area contributed by atoms with Crippen LogP contribution >= 0.6 is 0 Å². The molecule has 7 nitrogen and oxygen atoms in total. The van der Waals surface area contributed by atoms with Gasteiger partial charge in [0.25, 0.3) is 15.9 Å². The lowest BCUT2D eigenvalue weighted by Crippen LogP contribution is -2.29. The van der Waals surface area contributed by atoms with E-state index < -0.39 is 10.0 Å². The van der Waals surface area contributed by atoms with Gasteiger partial charge in [0.1, 0.15) is 10.6 Å². The van der Waals surface area contributed by atoms with Gasteiger partial charge in [0.05, 0.1) is 11.2 Å². The first-order valence-electron chi connectivity index (χ1n) is 10.8. The third-order valence-electron chi connectivity index (χ3n) is 6.31. The lowest BCUT2D eigenvalue weighted by molar-refractivity contribution is 0.0942. The van der Waals surface area contributed by atoms with E-state index in [2.05, 4.69) is 10.3 Å². The molecule has 2 aromatic heterocycles. The summed E-state index contributed by atoms with van der Waals surface area (Å²) in [6.45, 7) is 2.43. The molecule has 0 fully saturated rings. The third-order valence-corrected chi connectivity index (χ3v) is 8.24. The van der Waals surface area contributed by atoms with Crippen molar-refractivity contribution in [3.8, 4) is 0 Å². The molecule has 0 unspecified atom stereocenters. The summed E-state index contributed by atoms with van der Waals surface area (Å²) in [5.74, 6) is -0.329. The Bertz CT molecular complexity index is 1490. The van der Waals surface area contributed by atoms with Gasteiger partial charge in [-0.25, -0.2) is 8.42 Å². The highest BCUT2D eigenvalue weighted by atomic mass is 32.2. The van der Waals surface area contributed by atoms with E-state index >= 15 is 0 Å². The molecule has 168 valence electrons. The summed E-state index contributed by atoms with van der Waals surface area (Å²) >= 11 is 0. The van der Waals surface area contributed by atoms with Gasteiger partial charge < -0.3 is 9.88 Å². The van der Waals surface area contributed by atoms with Gasteiger partial charge in [-0.05, 0) is 48.7 Å². The number of nitrogens with zero attached hydrogens (tertiary/aromatic N) is 3. The van der Waals surface area contributed by atoms with Crippen molar-refractivity contribution in [2.45, 2.75) is 24.8 Å². The van der Waals surface area contributed by atoms with E-state index in [9.17, 15) is 13.2 Å². The molecule has 4 aromatic rings. The van der Waals surface area contributed by atoms with Crippen molar-refractivity contribution in [1.82, 2.24) is 14.9 Å². The third kappa shape index (κ3) is 3.56. The Morgan fingerprint density at radius 3 is 2.76 bits per heavy atom. The zero-order valence-corrected chi connectivity index (χ0v) is 19.3. The summed E-state index contributed by atoms with van der Waals surface area (Å²) in [7, 11) is -2.08. The maximum absolute atomic E-state index is 13.5. The fourth-order valence-electron chi connectivity index (χ4n) is 4.41. The van der Waals surface area contributed by atoms with Gasteiger partial charge in [-0.1, -0.05) is 36.4 Å². The number of hydrogen-bond acceptors (Lipinski definition) is 4. The van der Waals surface area contributed by atoms with Crippen LogP contribution in [0.3, 0.4) is 0 Å². The first-order valence-corrected chi connectivity index (χ1v) is 12.2. The molecule has 1 amide bonds. The standard InChI is InChI=1S/C25H24N4O3S/c1-17-24(33(31,32)29-14-12-18-7-3-4-11-22(18)29)15-23(28(17)2)25(30)27-16-19-8-5-10-21-20(19)9-6-13-26-21/h3-11,13,15H,12,14,16H2,1-2H3,(H,27,30). The summed E-state index contributed by atoms with van der Waals surface area (Å²) in [4.78, 5) is 17.5. The number of sulfonamides is 1. The number of benzene rings is 2. The Hall–Kier alpha value is -3.65. The minimum absolute atomic E-state index is 0.154. The number of fused-ring (bicyclic) bond motifs is 2. The number of aromatic nitrogens is 2. The molecule has 2 aromatic carbocycles. The number of carbonyl (C=O) groups is 1. The van der Waals surface area contributed by atoms with Crippen molar-refractivity contribution in [3.05, 3.63) is 89.4 Å². The number of amides is 1. The number of nitrogens with one attached hydrogen (secondary N) is 1. The number of carbonyl (C=O) groups excluding carboxylic acids is 1. The highest BCUT2D eigenvalue weighted by Crippen LogP contribution is 2.34. The van der Waals surface area contributed by atoms with E-state index in [1.54, 1.807) is 24.7 Å². The van der Waals surface area contributed by atoms with Crippen LogP contribution in [0.2, 0.25) is 0 Å². The quantitative estimate of drug-likeness (QED) is 0.494. The number of hydrogen-bond donors (Lipinski definition) is 1. The second-order valence-corrected chi connectivity index (χ2v) is 9.99. The smallest absolute Gasteiger partial charge is 0.268 e. The predicted molar refractivity (Wildman–Crippen MR) is 128 cm³/mol. The Kier molecular flexibility index (Phi) is 5.17. The maximum Gasteiger partial charge on any atom is 0.268 e. The van der Waals surface area contributed by atoms with Crippen LogP contribution in [0.4, 0.5) is 5.69 Å². The van der Waals surface area contributed by atoms with Crippen LogP contribution in [-0.2, 0) is 30.0 Å². The molecule has 0 atom stereocenters. The SMILES string of the molecule is Cc1c(S(=O)(=O)N2CCc3ccccc32)cc(C(=O)NCc2cccc3ncccc23)n1C. The molecule has 8 heteroatoms. The second-order valence-electron chi connectivity index (χ2n) is 8.16. The number of anilines is 1. The van der Waals surface area contributed by atoms with Crippen LogP contribution in [0.25, 0.3) is 10.9 Å². The fourth-order valence-corrected chi connectivity index (χ4v) is 6.19. The van der Waals surface area contributed by atoms with E-state index in [1.165, 1.54) is 10.4 Å². The monoisotopic (exact) mass is 460 g/mol. The minimum Gasteiger partial charge on any atom is -0.347 e. The van der Waals surface area contributed by atoms with Crippen LogP contribution in [0.1, 0.15) is 27.3 Å². The second kappa shape index (κ2) is 8.04. The average molecular weight is 461 g/mol. The molecule has 0 bridgehead atoms. The van der Waals surface area contributed by atoms with Gasteiger partial charge in [0.2, 0.25) is 0 Å². The van der Waals surface area contributed by atoms with E-state index in [4.69, 9.17) is 0 Å². The van der Waals surface area contributed by atoms with Crippen LogP contribution in [0.5, 0.6) is 0 Å². The summed E-state index contributed by atoms with van der Waals surface area (Å²) in [5, 5.41) is 3.90. The lowest BCUT2D eigenvalue weighted by Gasteiger charge is -2.19. The summed E-state index contributed by atoms with van der Waals surface area (Å²) in [6, 6.07) is 18.6. The van der Waals surface area contributed by atoms with E-state index in [-0.39, 0.29) is 10.8 Å². The zero-order chi connectivity index (χ0) is 23.2. The van der Waals surface area contributed by atoms with Crippen molar-refractivity contribution in [3.63, 3.8) is 0 Å². The molecule has 0 saturated heterocycles. The van der Waals surface area contributed by atoms with Gasteiger partial charge in [-0.15, -0.1) is 0 Å². The highest BCUT2D eigenvalue weighted by Gasteiger charge is 2.34. The molecule has 0 radical (unpaired) electrons. The molecule has 3 heterocycles. The van der Waals surface area contributed by atoms with Crippen LogP contribution in [-0.4, -0.2) is 30.4 Å². The average Bonchev–Trinajstić information content (AvgIpc) is 3.40. The van der Waals surface area contributed by atoms with Gasteiger partial charge in [0, 0.05) is 37.4 Å². The van der Waals surface area contributed by atoms with Crippen LogP contribution in [0.15, 0.2) is 71.8 Å². The molecular weight excluding hydrogens is 436 g/mol. The summed E-state index contributed by atoms with van der Waals surface area (Å²) in [5.41, 5.74) is 4.35. The largest absolute Gasteiger partial charge is 0.347 e. The molecule has 5 rings (SSSR count). The summed E-state index contributed by atoms with van der Waals surface area (Å²) in [6.07, 6.45) is 2.41. The van der Waals surface area contributed by atoms with Crippen molar-refractivity contribution in [2.24, 2.45) is 7.05 Å². The molecule has 1 aliphatic rings. The Labute approximate surface area is 192 Å². The Morgan fingerprint density at radius 1 is 1.09 bits per heavy atom. The van der Waals surface area contributed by atoms with Gasteiger partial charge in [-0.2, -0.15) is 0 Å². The number of rotatable bonds is 5. The first kappa shape index (κ1) is 21.2. The van der Waals surface area contributed by atoms with E-state index in [0.717, 1.165) is 22.0 Å². The summed E-state index contributed by atoms with van der Waals surface area (Å²) < 4.78 is 30.1. The van der Waals surface area contributed by atoms with Crippen molar-refractivity contribution < 1.29 is 13.2 Å². The Morgan fingerprint density at radius 2 is 1.91 bits per heavy atom. The molecule has 1 aliphatic heterocycles. The van der Waals surface area contributed by atoms with Crippen LogP contribution in [0, 0.1) is 6.92 Å². The van der Waals surface area contributed by atoms with Crippen molar-refractivity contribution >= 4 is 32.5 Å². The fraction of sp³-hybridized carbons (Fsp3) is 0.200. The predicted octanol–water partition coefficient (Wildman–Crippen LogP) is 3.56. The van der Waals surface area contributed by atoms with Gasteiger partial charge >= 0.3 is 0 Å². The van der Waals surface area contributed by atoms with Gasteiger partial charge in [0.15, 0.2) is 0 Å². The zero-order valence-electron chi connectivity index (χ0n) is 18.4. The van der Waals surface area contributed by atoms with Crippen molar-refractivity contribution in [1.29, 1.82) is 0 Å². The van der Waals surface area contributed by atoms with Crippen LogP contribution < -0.4 is 9.62 Å². The molecular formula is C25H24N4O3S. The van der Waals surface area contributed by atoms with E-state index in [1.807, 2.05) is 54.6 Å². The van der Waals surface area contributed by atoms with E-state index in [0.29, 0.717) is 36.6 Å². The molecule has 0 saturated carbocycles. The maximum atomic E-state index is 13.5. The number of para-hydroxylation sites is 1. The highest BCUT2D eigenvalue weighted by molar-refractivity contribution is 7.93. The molecule has 1 N–H and O–H groups in total. The topological polar surface area (TPSA) is 84.3 Å². The normalized spacial score (nSPS) is 13.3. The lowest BCUT2D eigenvalue weighted by atomic mass is 10.1.